The third-order valence-corrected chi connectivity index (χ3v) is 6.58. The molecule has 0 unspecified atom stereocenters. The van der Waals surface area contributed by atoms with E-state index in [9.17, 15) is 9.90 Å². The fourth-order valence-corrected chi connectivity index (χ4v) is 4.71. The summed E-state index contributed by atoms with van der Waals surface area (Å²) in [5.74, 6) is 1.91. The van der Waals surface area contributed by atoms with Crippen LogP contribution >= 0.6 is 0 Å². The molecule has 3 N–H and O–H groups in total. The van der Waals surface area contributed by atoms with Crippen LogP contribution in [0.5, 0.6) is 11.6 Å². The summed E-state index contributed by atoms with van der Waals surface area (Å²) >= 11 is 0. The van der Waals surface area contributed by atoms with Gasteiger partial charge in [0.05, 0.1) is 29.9 Å². The smallest absolute Gasteiger partial charge is 0.263 e. The van der Waals surface area contributed by atoms with E-state index in [2.05, 4.69) is 30.5 Å². The number of amides is 1. The van der Waals surface area contributed by atoms with Crippen LogP contribution in [0.4, 0.5) is 5.82 Å². The van der Waals surface area contributed by atoms with Crippen LogP contribution < -0.4 is 20.1 Å². The third-order valence-electron chi connectivity index (χ3n) is 6.58. The molecule has 1 fully saturated rings. The van der Waals surface area contributed by atoms with Gasteiger partial charge in [0, 0.05) is 37.5 Å². The van der Waals surface area contributed by atoms with E-state index < -0.39 is 6.10 Å². The van der Waals surface area contributed by atoms with Gasteiger partial charge in [-0.25, -0.2) is 9.97 Å². The quantitative estimate of drug-likeness (QED) is 0.445. The lowest BCUT2D eigenvalue weighted by Crippen LogP contribution is -2.30. The van der Waals surface area contributed by atoms with Crippen molar-refractivity contribution in [2.45, 2.75) is 26.0 Å². The Balaban J connectivity index is 1.15. The molecule has 3 aromatic rings. The first kappa shape index (κ1) is 23.4. The number of anilines is 1. The third kappa shape index (κ3) is 5.19. The lowest BCUT2D eigenvalue weighted by atomic mass is 10.1. The highest BCUT2D eigenvalue weighted by atomic mass is 16.5. The zero-order chi connectivity index (χ0) is 24.4. The van der Waals surface area contributed by atoms with Crippen LogP contribution in [-0.4, -0.2) is 70.8 Å². The van der Waals surface area contributed by atoms with Crippen LogP contribution in [0.1, 0.15) is 29.3 Å². The van der Waals surface area contributed by atoms with Crippen LogP contribution in [0.15, 0.2) is 30.5 Å². The average Bonchev–Trinajstić information content (AvgIpc) is 3.30. The molecule has 1 saturated heterocycles. The Morgan fingerprint density at radius 1 is 1.34 bits per heavy atom. The van der Waals surface area contributed by atoms with Crippen molar-refractivity contribution in [2.24, 2.45) is 5.92 Å². The van der Waals surface area contributed by atoms with Crippen LogP contribution in [0.2, 0.25) is 0 Å². The standard InChI is InChI=1S/C25H30N6O4/c1-15-9-21-25(29-22(33)14-35-21)28-19(15)11-26-10-16-6-8-31(12-16)13-20(32)17-5-7-27-18-3-4-23(34-2)30-24(17)18/h3-5,7,9,16,20,26,32H,6,8,10-14H2,1-2H3,(H,28,29,33)/t16-,20+/m0/s1. The second-order valence-corrected chi connectivity index (χ2v) is 9.12. The zero-order valence-electron chi connectivity index (χ0n) is 20.0. The normalized spacial score (nSPS) is 18.7. The van der Waals surface area contributed by atoms with E-state index in [1.807, 2.05) is 25.1 Å². The van der Waals surface area contributed by atoms with Gasteiger partial charge in [-0.15, -0.1) is 0 Å². The molecule has 0 aromatic carbocycles. The number of nitrogens with zero attached hydrogens (tertiary/aromatic N) is 4. The maximum atomic E-state index is 11.6. The molecule has 0 spiro atoms. The predicted octanol–water partition coefficient (Wildman–Crippen LogP) is 1.82. The minimum Gasteiger partial charge on any atom is -0.481 e. The number of nitrogens with one attached hydrogen (secondary N) is 2. The number of fused-ring (bicyclic) bond motifs is 2. The summed E-state index contributed by atoms with van der Waals surface area (Å²) in [5, 5.41) is 17.3. The van der Waals surface area contributed by atoms with Gasteiger partial charge in [0.2, 0.25) is 5.88 Å². The highest BCUT2D eigenvalue weighted by molar-refractivity contribution is 5.94. The first-order valence-corrected chi connectivity index (χ1v) is 11.8. The molecule has 0 bridgehead atoms. The number of carbonyl (C=O) groups is 1. The first-order valence-electron chi connectivity index (χ1n) is 11.8. The Kier molecular flexibility index (Phi) is 6.76. The molecule has 10 heteroatoms. The van der Waals surface area contributed by atoms with E-state index in [0.717, 1.165) is 48.4 Å². The highest BCUT2D eigenvalue weighted by Crippen LogP contribution is 2.28. The van der Waals surface area contributed by atoms with Crippen LogP contribution in [0.3, 0.4) is 0 Å². The van der Waals surface area contributed by atoms with Gasteiger partial charge in [-0.3, -0.25) is 9.78 Å². The minimum atomic E-state index is -0.661. The largest absolute Gasteiger partial charge is 0.481 e. The van der Waals surface area contributed by atoms with Crippen molar-refractivity contribution < 1.29 is 19.4 Å². The van der Waals surface area contributed by atoms with E-state index in [-0.39, 0.29) is 12.5 Å². The Morgan fingerprint density at radius 2 is 2.23 bits per heavy atom. The van der Waals surface area contributed by atoms with Crippen molar-refractivity contribution in [1.29, 1.82) is 0 Å². The van der Waals surface area contributed by atoms with E-state index in [0.29, 0.717) is 42.0 Å². The van der Waals surface area contributed by atoms with Crippen LogP contribution in [0, 0.1) is 12.8 Å². The number of β-amino-alcohol motifs (C(OH)–C–C–N with tert-alkyl or cyclic N) is 1. The van der Waals surface area contributed by atoms with Gasteiger partial charge in [0.1, 0.15) is 0 Å². The van der Waals surface area contributed by atoms with Crippen molar-refractivity contribution in [1.82, 2.24) is 25.2 Å². The second kappa shape index (κ2) is 10.1. The highest BCUT2D eigenvalue weighted by Gasteiger charge is 2.26. The second-order valence-electron chi connectivity index (χ2n) is 9.12. The molecule has 0 saturated carbocycles. The number of likely N-dealkylation sites (tertiary alicyclic amines) is 1. The fourth-order valence-electron chi connectivity index (χ4n) is 4.71. The van der Waals surface area contributed by atoms with Gasteiger partial charge >= 0.3 is 0 Å². The summed E-state index contributed by atoms with van der Waals surface area (Å²) in [6.07, 6.45) is 2.11. The van der Waals surface area contributed by atoms with Gasteiger partial charge < -0.3 is 30.1 Å². The number of carbonyl (C=O) groups excluding carboxylic acids is 1. The predicted molar refractivity (Wildman–Crippen MR) is 130 cm³/mol. The maximum absolute atomic E-state index is 11.6. The molecule has 2 aliphatic heterocycles. The summed E-state index contributed by atoms with van der Waals surface area (Å²) in [5.41, 5.74) is 4.10. The van der Waals surface area contributed by atoms with E-state index in [4.69, 9.17) is 9.47 Å². The van der Waals surface area contributed by atoms with Gasteiger partial charge in [0.25, 0.3) is 5.91 Å². The Morgan fingerprint density at radius 3 is 3.09 bits per heavy atom. The van der Waals surface area contributed by atoms with Gasteiger partial charge in [-0.1, -0.05) is 0 Å². The molecule has 1 amide bonds. The molecule has 5 rings (SSSR count). The van der Waals surface area contributed by atoms with Crippen molar-refractivity contribution in [2.75, 3.05) is 45.2 Å². The number of hydrogen-bond donors (Lipinski definition) is 3. The fraction of sp³-hybridized carbons (Fsp3) is 0.440. The van der Waals surface area contributed by atoms with Gasteiger partial charge in [0.15, 0.2) is 18.2 Å². The molecule has 0 aliphatic carbocycles. The molecular formula is C25H30N6O4. The Hall–Kier alpha value is -3.34. The monoisotopic (exact) mass is 478 g/mol. The van der Waals surface area contributed by atoms with Crippen molar-refractivity contribution in [3.8, 4) is 11.6 Å². The molecule has 5 heterocycles. The van der Waals surface area contributed by atoms with Gasteiger partial charge in [-0.2, -0.15) is 0 Å². The summed E-state index contributed by atoms with van der Waals surface area (Å²) in [6.45, 7) is 5.87. The Labute approximate surface area is 203 Å². The lowest BCUT2D eigenvalue weighted by molar-refractivity contribution is -0.118. The topological polar surface area (TPSA) is 122 Å². The van der Waals surface area contributed by atoms with Crippen molar-refractivity contribution in [3.63, 3.8) is 0 Å². The number of aromatic nitrogens is 3. The van der Waals surface area contributed by atoms with E-state index >= 15 is 0 Å². The Bertz CT molecular complexity index is 1240. The molecule has 2 aliphatic rings. The van der Waals surface area contributed by atoms with Crippen LogP contribution in [-0.2, 0) is 11.3 Å². The van der Waals surface area contributed by atoms with Crippen molar-refractivity contribution >= 4 is 22.8 Å². The lowest BCUT2D eigenvalue weighted by Gasteiger charge is -2.21. The molecule has 3 aromatic heterocycles. The van der Waals surface area contributed by atoms with E-state index in [1.54, 1.807) is 19.4 Å². The number of rotatable bonds is 8. The minimum absolute atomic E-state index is 0.0285. The zero-order valence-corrected chi connectivity index (χ0v) is 20.0. The van der Waals surface area contributed by atoms with E-state index in [1.165, 1.54) is 0 Å². The summed E-state index contributed by atoms with van der Waals surface area (Å²) in [7, 11) is 1.58. The molecule has 2 atom stereocenters. The first-order chi connectivity index (χ1) is 17.0. The van der Waals surface area contributed by atoms with Gasteiger partial charge in [-0.05, 0) is 56.1 Å². The average molecular weight is 479 g/mol. The number of aryl methyl sites for hydroxylation is 1. The molecular weight excluding hydrogens is 448 g/mol. The number of pyridine rings is 3. The molecule has 10 nitrogen and oxygen atoms in total. The number of aliphatic hydroxyl groups is 1. The number of hydrogen-bond acceptors (Lipinski definition) is 9. The molecule has 184 valence electrons. The van der Waals surface area contributed by atoms with Crippen LogP contribution in [0.25, 0.3) is 11.0 Å². The number of aliphatic hydroxyl groups excluding tert-OH is 1. The number of methoxy groups -OCH3 is 1. The molecule has 35 heavy (non-hydrogen) atoms. The summed E-state index contributed by atoms with van der Waals surface area (Å²) in [6, 6.07) is 7.38. The maximum Gasteiger partial charge on any atom is 0.263 e. The van der Waals surface area contributed by atoms with Crippen molar-refractivity contribution in [3.05, 3.63) is 47.3 Å². The SMILES string of the molecule is COc1ccc2nccc([C@H](O)CN3CC[C@@H](CNCc4nc5c(cc4C)OCC(=O)N5)C3)c2n1. The number of ether oxygens (including phenoxy) is 2. The molecule has 0 radical (unpaired) electrons. The summed E-state index contributed by atoms with van der Waals surface area (Å²) < 4.78 is 10.7. The summed E-state index contributed by atoms with van der Waals surface area (Å²) in [4.78, 5) is 27.3.